The molecule has 172 valence electrons. The minimum atomic E-state index is 0.101. The maximum atomic E-state index is 12.1. The number of pyridine rings is 1. The minimum Gasteiger partial charge on any atom is -0.355 e. The average molecular weight is 443 g/mol. The molecule has 0 unspecified atom stereocenters. The fourth-order valence-corrected chi connectivity index (χ4v) is 4.62. The van der Waals surface area contributed by atoms with E-state index in [0.29, 0.717) is 25.0 Å². The van der Waals surface area contributed by atoms with Gasteiger partial charge in [-0.3, -0.25) is 14.7 Å². The molecular formula is C28H34N4O. The molecule has 1 saturated heterocycles. The molecule has 2 heterocycles. The molecule has 0 bridgehead atoms. The molecule has 5 heteroatoms. The SMILES string of the molecule is O=C(CCc1cccnc1)NCCNC1CCN(C(c2ccccc2)c2ccccc2)CC1. The molecule has 2 aromatic carbocycles. The fourth-order valence-electron chi connectivity index (χ4n) is 4.62. The second kappa shape index (κ2) is 12.3. The van der Waals surface area contributed by atoms with E-state index >= 15 is 0 Å². The van der Waals surface area contributed by atoms with Crippen LogP contribution in [0.2, 0.25) is 0 Å². The zero-order valence-corrected chi connectivity index (χ0v) is 19.2. The van der Waals surface area contributed by atoms with Crippen LogP contribution in [0.15, 0.2) is 85.2 Å². The summed E-state index contributed by atoms with van der Waals surface area (Å²) in [5, 5.41) is 6.67. The Hall–Kier alpha value is -3.02. The Morgan fingerprint density at radius 2 is 1.58 bits per heavy atom. The van der Waals surface area contributed by atoms with Gasteiger partial charge in [-0.25, -0.2) is 0 Å². The van der Waals surface area contributed by atoms with Crippen LogP contribution >= 0.6 is 0 Å². The number of nitrogens with zero attached hydrogens (tertiary/aromatic N) is 2. The Bertz CT molecular complexity index is 917. The van der Waals surface area contributed by atoms with Gasteiger partial charge in [-0.2, -0.15) is 0 Å². The van der Waals surface area contributed by atoms with E-state index in [-0.39, 0.29) is 5.91 Å². The fraction of sp³-hybridized carbons (Fsp3) is 0.357. The van der Waals surface area contributed by atoms with Crippen LogP contribution in [0.25, 0.3) is 0 Å². The molecule has 0 atom stereocenters. The molecule has 0 spiro atoms. The van der Waals surface area contributed by atoms with Gasteiger partial charge in [0, 0.05) is 51.0 Å². The number of piperidine rings is 1. The molecule has 2 N–H and O–H groups in total. The smallest absolute Gasteiger partial charge is 0.220 e. The van der Waals surface area contributed by atoms with Crippen molar-refractivity contribution in [3.05, 3.63) is 102 Å². The van der Waals surface area contributed by atoms with Gasteiger partial charge in [0.15, 0.2) is 0 Å². The first-order chi connectivity index (χ1) is 16.3. The van der Waals surface area contributed by atoms with Crippen LogP contribution in [0.4, 0.5) is 0 Å². The summed E-state index contributed by atoms with van der Waals surface area (Å²) in [6.45, 7) is 3.60. The van der Waals surface area contributed by atoms with Gasteiger partial charge in [-0.1, -0.05) is 66.7 Å². The number of carbonyl (C=O) groups is 1. The molecule has 5 nitrogen and oxygen atoms in total. The standard InChI is InChI=1S/C28H34N4O/c33-27(14-13-23-8-7-17-29-22-23)31-19-18-30-26-15-20-32(21-16-26)28(24-9-3-1-4-10-24)25-11-5-2-6-12-25/h1-12,17,22,26,28,30H,13-16,18-21H2,(H,31,33). The molecule has 1 aromatic heterocycles. The number of carbonyl (C=O) groups excluding carboxylic acids is 1. The highest BCUT2D eigenvalue weighted by Gasteiger charge is 2.27. The Balaban J connectivity index is 1.19. The first-order valence-corrected chi connectivity index (χ1v) is 12.0. The summed E-state index contributed by atoms with van der Waals surface area (Å²) in [6, 6.07) is 26.3. The monoisotopic (exact) mass is 442 g/mol. The van der Waals surface area contributed by atoms with Crippen LogP contribution in [0.5, 0.6) is 0 Å². The third kappa shape index (κ3) is 6.98. The quantitative estimate of drug-likeness (QED) is 0.467. The second-order valence-corrected chi connectivity index (χ2v) is 8.70. The number of aromatic nitrogens is 1. The van der Waals surface area contributed by atoms with Crippen molar-refractivity contribution in [3.8, 4) is 0 Å². The van der Waals surface area contributed by atoms with E-state index in [1.165, 1.54) is 11.1 Å². The maximum absolute atomic E-state index is 12.1. The number of likely N-dealkylation sites (tertiary alicyclic amines) is 1. The zero-order chi connectivity index (χ0) is 22.7. The second-order valence-electron chi connectivity index (χ2n) is 8.70. The van der Waals surface area contributed by atoms with Crippen molar-refractivity contribution in [2.24, 2.45) is 0 Å². The van der Waals surface area contributed by atoms with E-state index in [1.807, 2.05) is 18.3 Å². The van der Waals surface area contributed by atoms with E-state index in [1.54, 1.807) is 6.20 Å². The molecule has 3 aromatic rings. The number of hydrogen-bond acceptors (Lipinski definition) is 4. The lowest BCUT2D eigenvalue weighted by Crippen LogP contribution is -2.45. The lowest BCUT2D eigenvalue weighted by atomic mass is 9.94. The van der Waals surface area contributed by atoms with E-state index in [9.17, 15) is 4.79 Å². The third-order valence-electron chi connectivity index (χ3n) is 6.37. The number of amides is 1. The summed E-state index contributed by atoms with van der Waals surface area (Å²) in [5.41, 5.74) is 3.80. The summed E-state index contributed by atoms with van der Waals surface area (Å²) in [4.78, 5) is 18.8. The van der Waals surface area contributed by atoms with Gasteiger partial charge in [0.1, 0.15) is 0 Å². The number of hydrogen-bond donors (Lipinski definition) is 2. The first-order valence-electron chi connectivity index (χ1n) is 12.0. The number of nitrogens with one attached hydrogen (secondary N) is 2. The molecule has 0 radical (unpaired) electrons. The van der Waals surface area contributed by atoms with Gasteiger partial charge in [-0.15, -0.1) is 0 Å². The van der Waals surface area contributed by atoms with Gasteiger partial charge >= 0.3 is 0 Å². The summed E-state index contributed by atoms with van der Waals surface area (Å²) >= 11 is 0. The summed E-state index contributed by atoms with van der Waals surface area (Å²) < 4.78 is 0. The summed E-state index contributed by atoms with van der Waals surface area (Å²) in [6.07, 6.45) is 7.04. The Kier molecular flexibility index (Phi) is 8.62. The molecule has 0 aliphatic carbocycles. The third-order valence-corrected chi connectivity index (χ3v) is 6.37. The molecule has 33 heavy (non-hydrogen) atoms. The topological polar surface area (TPSA) is 57.3 Å². The highest BCUT2D eigenvalue weighted by molar-refractivity contribution is 5.76. The Morgan fingerprint density at radius 1 is 0.909 bits per heavy atom. The van der Waals surface area contributed by atoms with Crippen molar-refractivity contribution in [2.75, 3.05) is 26.2 Å². The largest absolute Gasteiger partial charge is 0.355 e. The Morgan fingerprint density at radius 3 is 2.18 bits per heavy atom. The van der Waals surface area contributed by atoms with E-state index in [0.717, 1.165) is 44.5 Å². The zero-order valence-electron chi connectivity index (χ0n) is 19.2. The number of aryl methyl sites for hydroxylation is 1. The minimum absolute atomic E-state index is 0.101. The van der Waals surface area contributed by atoms with Crippen molar-refractivity contribution >= 4 is 5.91 Å². The lowest BCUT2D eigenvalue weighted by Gasteiger charge is -2.38. The van der Waals surface area contributed by atoms with Crippen LogP contribution < -0.4 is 10.6 Å². The molecule has 0 saturated carbocycles. The summed E-state index contributed by atoms with van der Waals surface area (Å²) in [7, 11) is 0. The average Bonchev–Trinajstić information content (AvgIpc) is 2.88. The number of rotatable bonds is 10. The molecular weight excluding hydrogens is 408 g/mol. The van der Waals surface area contributed by atoms with Crippen LogP contribution in [0, 0.1) is 0 Å². The van der Waals surface area contributed by atoms with Crippen molar-refractivity contribution in [2.45, 2.75) is 37.8 Å². The first kappa shape index (κ1) is 23.1. The van der Waals surface area contributed by atoms with Gasteiger partial charge < -0.3 is 10.6 Å². The number of benzene rings is 2. The predicted molar refractivity (Wildman–Crippen MR) is 133 cm³/mol. The predicted octanol–water partition coefficient (Wildman–Crippen LogP) is 3.97. The van der Waals surface area contributed by atoms with Gasteiger partial charge in [0.05, 0.1) is 6.04 Å². The lowest BCUT2D eigenvalue weighted by molar-refractivity contribution is -0.121. The van der Waals surface area contributed by atoms with Crippen LogP contribution in [-0.2, 0) is 11.2 Å². The highest BCUT2D eigenvalue weighted by atomic mass is 16.1. The molecule has 1 fully saturated rings. The van der Waals surface area contributed by atoms with Crippen LogP contribution in [0.1, 0.15) is 42.0 Å². The molecule has 1 aliphatic rings. The van der Waals surface area contributed by atoms with Crippen molar-refractivity contribution in [3.63, 3.8) is 0 Å². The van der Waals surface area contributed by atoms with Gasteiger partial charge in [0.25, 0.3) is 0 Å². The maximum Gasteiger partial charge on any atom is 0.220 e. The van der Waals surface area contributed by atoms with E-state index < -0.39 is 0 Å². The van der Waals surface area contributed by atoms with E-state index in [4.69, 9.17) is 0 Å². The highest BCUT2D eigenvalue weighted by Crippen LogP contribution is 2.30. The molecule has 1 aliphatic heterocycles. The van der Waals surface area contributed by atoms with Crippen molar-refractivity contribution < 1.29 is 4.79 Å². The van der Waals surface area contributed by atoms with E-state index in [2.05, 4.69) is 81.2 Å². The molecule has 4 rings (SSSR count). The van der Waals surface area contributed by atoms with Crippen LogP contribution in [-0.4, -0.2) is 48.0 Å². The van der Waals surface area contributed by atoms with Crippen LogP contribution in [0.3, 0.4) is 0 Å². The normalized spacial score (nSPS) is 14.9. The van der Waals surface area contributed by atoms with Gasteiger partial charge in [0.2, 0.25) is 5.91 Å². The molecule has 1 amide bonds. The Labute approximate surface area is 197 Å². The summed E-state index contributed by atoms with van der Waals surface area (Å²) in [5.74, 6) is 0.101. The van der Waals surface area contributed by atoms with Crippen molar-refractivity contribution in [1.29, 1.82) is 0 Å². The van der Waals surface area contributed by atoms with Crippen molar-refractivity contribution in [1.82, 2.24) is 20.5 Å². The van der Waals surface area contributed by atoms with Gasteiger partial charge in [-0.05, 0) is 42.0 Å².